The first-order valence-corrected chi connectivity index (χ1v) is 7.78. The van der Waals surface area contributed by atoms with Gasteiger partial charge in [0.15, 0.2) is 0 Å². The monoisotopic (exact) mass is 370 g/mol. The minimum atomic E-state index is -4.37. The number of alkyl halides is 3. The predicted molar refractivity (Wildman–Crippen MR) is 89.9 cm³/mol. The van der Waals surface area contributed by atoms with Gasteiger partial charge in [-0.3, -0.25) is 4.79 Å². The summed E-state index contributed by atoms with van der Waals surface area (Å²) in [5.74, 6) is -0.0395. The Hall–Kier alpha value is -0.920. The molecule has 0 fully saturated rings. The number of halogens is 4. The third-order valence-corrected chi connectivity index (χ3v) is 4.15. The van der Waals surface area contributed by atoms with Crippen molar-refractivity contribution >= 4 is 30.1 Å². The van der Waals surface area contributed by atoms with E-state index in [0.717, 1.165) is 23.9 Å². The lowest BCUT2D eigenvalue weighted by molar-refractivity contribution is -0.137. The smallest absolute Gasteiger partial charge is 0.344 e. The van der Waals surface area contributed by atoms with Crippen molar-refractivity contribution in [2.24, 2.45) is 11.1 Å². The lowest BCUT2D eigenvalue weighted by Crippen LogP contribution is -2.40. The Morgan fingerprint density at radius 1 is 1.30 bits per heavy atom. The van der Waals surface area contributed by atoms with Crippen LogP contribution in [0.5, 0.6) is 0 Å². The van der Waals surface area contributed by atoms with E-state index in [4.69, 9.17) is 5.73 Å². The van der Waals surface area contributed by atoms with Crippen LogP contribution in [0.25, 0.3) is 0 Å². The molecule has 1 rings (SSSR count). The Labute approximate surface area is 145 Å². The van der Waals surface area contributed by atoms with Gasteiger partial charge in [-0.25, -0.2) is 0 Å². The van der Waals surface area contributed by atoms with Crippen molar-refractivity contribution in [3.63, 3.8) is 0 Å². The topological polar surface area (TPSA) is 46.3 Å². The summed E-state index contributed by atoms with van der Waals surface area (Å²) in [7, 11) is 1.67. The number of carbonyl (C=O) groups excluding carboxylic acids is 1. The minimum absolute atomic E-state index is 0. The van der Waals surface area contributed by atoms with Crippen LogP contribution < -0.4 is 5.73 Å². The molecule has 0 heterocycles. The molecule has 0 saturated carbocycles. The molecule has 0 bridgehead atoms. The molecule has 0 aliphatic rings. The normalized spacial score (nSPS) is 11.8. The molecule has 0 aromatic heterocycles. The summed E-state index contributed by atoms with van der Waals surface area (Å²) < 4.78 is 37.9. The maximum absolute atomic E-state index is 12.6. The zero-order chi connectivity index (χ0) is 17.0. The van der Waals surface area contributed by atoms with Crippen molar-refractivity contribution < 1.29 is 18.0 Å². The Morgan fingerprint density at radius 2 is 1.91 bits per heavy atom. The van der Waals surface area contributed by atoms with E-state index in [2.05, 4.69) is 0 Å². The van der Waals surface area contributed by atoms with Crippen LogP contribution in [0.1, 0.15) is 19.4 Å². The molecule has 0 saturated heterocycles. The average Bonchev–Trinajstić information content (AvgIpc) is 2.43. The van der Waals surface area contributed by atoms with Crippen molar-refractivity contribution in [2.45, 2.75) is 24.9 Å². The molecule has 0 radical (unpaired) electrons. The number of amides is 1. The molecular weight excluding hydrogens is 349 g/mol. The standard InChI is InChI=1S/C15H21F3N2OS.ClH/c1-14(2,9-19)10-20(3)13(21)8-22-12-6-4-5-11(7-12)15(16,17)18;/h4-7H,8-10,19H2,1-3H3;1H. The van der Waals surface area contributed by atoms with Gasteiger partial charge in [0.2, 0.25) is 5.91 Å². The highest BCUT2D eigenvalue weighted by Gasteiger charge is 2.30. The van der Waals surface area contributed by atoms with Gasteiger partial charge in [-0.2, -0.15) is 13.2 Å². The Kier molecular flexibility index (Phi) is 8.45. The average molecular weight is 371 g/mol. The fourth-order valence-electron chi connectivity index (χ4n) is 1.81. The third-order valence-electron chi connectivity index (χ3n) is 3.17. The van der Waals surface area contributed by atoms with Crippen molar-refractivity contribution in [3.8, 4) is 0 Å². The summed E-state index contributed by atoms with van der Waals surface area (Å²) in [4.78, 5) is 14.0. The van der Waals surface area contributed by atoms with Gasteiger partial charge in [-0.15, -0.1) is 24.2 Å². The number of rotatable bonds is 6. The van der Waals surface area contributed by atoms with E-state index in [0.29, 0.717) is 18.0 Å². The maximum atomic E-state index is 12.6. The molecule has 8 heteroatoms. The lowest BCUT2D eigenvalue weighted by Gasteiger charge is -2.29. The second-order valence-corrected chi connectivity index (χ2v) is 6.98. The Bertz CT molecular complexity index is 524. The van der Waals surface area contributed by atoms with Crippen LogP contribution in [0.4, 0.5) is 13.2 Å². The number of carbonyl (C=O) groups is 1. The van der Waals surface area contributed by atoms with Gasteiger partial charge in [-0.05, 0) is 30.2 Å². The quantitative estimate of drug-likeness (QED) is 0.777. The first-order chi connectivity index (χ1) is 10.0. The molecule has 1 amide bonds. The summed E-state index contributed by atoms with van der Waals surface area (Å²) in [6.45, 7) is 4.87. The summed E-state index contributed by atoms with van der Waals surface area (Å²) >= 11 is 1.10. The van der Waals surface area contributed by atoms with Gasteiger partial charge < -0.3 is 10.6 Å². The van der Waals surface area contributed by atoms with Crippen molar-refractivity contribution in [3.05, 3.63) is 29.8 Å². The van der Waals surface area contributed by atoms with E-state index in [9.17, 15) is 18.0 Å². The minimum Gasteiger partial charge on any atom is -0.344 e. The fourth-order valence-corrected chi connectivity index (χ4v) is 2.71. The van der Waals surface area contributed by atoms with E-state index >= 15 is 0 Å². The molecule has 3 nitrogen and oxygen atoms in total. The molecule has 0 unspecified atom stereocenters. The van der Waals surface area contributed by atoms with Crippen molar-refractivity contribution in [1.29, 1.82) is 0 Å². The van der Waals surface area contributed by atoms with Crippen molar-refractivity contribution in [1.82, 2.24) is 4.90 Å². The first kappa shape index (κ1) is 22.1. The first-order valence-electron chi connectivity index (χ1n) is 6.79. The Balaban J connectivity index is 0.00000484. The summed E-state index contributed by atoms with van der Waals surface area (Å²) in [5, 5.41) is 0. The molecule has 2 N–H and O–H groups in total. The zero-order valence-corrected chi connectivity index (χ0v) is 14.9. The molecule has 0 aliphatic heterocycles. The fraction of sp³-hybridized carbons (Fsp3) is 0.533. The van der Waals surface area contributed by atoms with E-state index in [1.54, 1.807) is 18.0 Å². The SMILES string of the molecule is CN(CC(C)(C)CN)C(=O)CSc1cccc(C(F)(F)F)c1.Cl. The molecule has 1 aromatic rings. The van der Waals surface area contributed by atoms with Gasteiger partial charge in [0.1, 0.15) is 0 Å². The number of nitrogens with two attached hydrogens (primary N) is 1. The Morgan fingerprint density at radius 3 is 2.43 bits per heavy atom. The van der Waals surface area contributed by atoms with Crippen LogP contribution in [-0.4, -0.2) is 36.7 Å². The summed E-state index contributed by atoms with van der Waals surface area (Å²) in [6, 6.07) is 4.98. The third kappa shape index (κ3) is 7.46. The molecular formula is C15H22ClF3N2OS. The van der Waals surface area contributed by atoms with Gasteiger partial charge in [0, 0.05) is 18.5 Å². The predicted octanol–water partition coefficient (Wildman–Crippen LogP) is 3.66. The van der Waals surface area contributed by atoms with Gasteiger partial charge in [0.25, 0.3) is 0 Å². The van der Waals surface area contributed by atoms with Crippen LogP contribution in [0, 0.1) is 5.41 Å². The van der Waals surface area contributed by atoms with E-state index < -0.39 is 11.7 Å². The number of benzene rings is 1. The van der Waals surface area contributed by atoms with Gasteiger partial charge in [0.05, 0.1) is 11.3 Å². The number of hydrogen-bond donors (Lipinski definition) is 1. The van der Waals surface area contributed by atoms with Crippen molar-refractivity contribution in [2.75, 3.05) is 25.9 Å². The number of hydrogen-bond acceptors (Lipinski definition) is 3. The van der Waals surface area contributed by atoms with Crippen LogP contribution in [-0.2, 0) is 11.0 Å². The van der Waals surface area contributed by atoms with Gasteiger partial charge >= 0.3 is 6.18 Å². The zero-order valence-electron chi connectivity index (χ0n) is 13.3. The number of nitrogens with zero attached hydrogens (tertiary/aromatic N) is 1. The number of thioether (sulfide) groups is 1. The highest BCUT2D eigenvalue weighted by molar-refractivity contribution is 8.00. The molecule has 0 spiro atoms. The molecule has 0 aliphatic carbocycles. The van der Waals surface area contributed by atoms with Gasteiger partial charge in [-0.1, -0.05) is 19.9 Å². The highest BCUT2D eigenvalue weighted by atomic mass is 35.5. The lowest BCUT2D eigenvalue weighted by atomic mass is 9.93. The van der Waals surface area contributed by atoms with Crippen LogP contribution in [0.3, 0.4) is 0 Å². The highest BCUT2D eigenvalue weighted by Crippen LogP contribution is 2.31. The molecule has 1 aromatic carbocycles. The van der Waals surface area contributed by atoms with Crippen LogP contribution >= 0.6 is 24.2 Å². The summed E-state index contributed by atoms with van der Waals surface area (Å²) in [6.07, 6.45) is -4.37. The summed E-state index contributed by atoms with van der Waals surface area (Å²) in [5.41, 5.74) is 4.73. The largest absolute Gasteiger partial charge is 0.416 e. The van der Waals surface area contributed by atoms with E-state index in [1.165, 1.54) is 6.07 Å². The second-order valence-electron chi connectivity index (χ2n) is 5.93. The molecule has 0 atom stereocenters. The van der Waals surface area contributed by atoms with Crippen LogP contribution in [0.15, 0.2) is 29.2 Å². The van der Waals surface area contributed by atoms with E-state index in [-0.39, 0.29) is 29.5 Å². The second kappa shape index (κ2) is 8.80. The maximum Gasteiger partial charge on any atom is 0.416 e. The van der Waals surface area contributed by atoms with E-state index in [1.807, 2.05) is 13.8 Å². The van der Waals surface area contributed by atoms with Crippen LogP contribution in [0.2, 0.25) is 0 Å². The molecule has 132 valence electrons. The molecule has 23 heavy (non-hydrogen) atoms.